The van der Waals surface area contributed by atoms with Crippen molar-refractivity contribution < 1.29 is 18.7 Å². The predicted molar refractivity (Wildman–Crippen MR) is 85.1 cm³/mol. The molecule has 2 unspecified atom stereocenters. The first kappa shape index (κ1) is 19.3. The fourth-order valence-corrected chi connectivity index (χ4v) is 2.40. The zero-order chi connectivity index (χ0) is 17.4. The maximum Gasteiger partial charge on any atom is 0.314 e. The molecule has 0 saturated heterocycles. The first-order chi connectivity index (χ1) is 10.9. The third-order valence-corrected chi connectivity index (χ3v) is 3.78. The van der Waals surface area contributed by atoms with E-state index in [9.17, 15) is 18.7 Å². The highest BCUT2D eigenvalue weighted by Gasteiger charge is 2.18. The summed E-state index contributed by atoms with van der Waals surface area (Å²) in [5.41, 5.74) is -0.440. The van der Waals surface area contributed by atoms with Gasteiger partial charge in [-0.2, -0.15) is 0 Å². The highest BCUT2D eigenvalue weighted by Crippen LogP contribution is 2.19. The van der Waals surface area contributed by atoms with Gasteiger partial charge in [-0.3, -0.25) is 4.90 Å². The third-order valence-electron chi connectivity index (χ3n) is 3.78. The van der Waals surface area contributed by atoms with Crippen molar-refractivity contribution in [3.8, 4) is 0 Å². The van der Waals surface area contributed by atoms with Gasteiger partial charge in [0.05, 0.1) is 5.56 Å². The molecule has 0 fully saturated rings. The summed E-state index contributed by atoms with van der Waals surface area (Å²) in [7, 11) is 0. The highest BCUT2D eigenvalue weighted by molar-refractivity contribution is 5.73. The molecule has 0 aliphatic carbocycles. The summed E-state index contributed by atoms with van der Waals surface area (Å²) in [6.07, 6.45) is -1.44. The fourth-order valence-electron chi connectivity index (χ4n) is 2.40. The van der Waals surface area contributed by atoms with Gasteiger partial charge in [0.1, 0.15) is 17.7 Å². The van der Waals surface area contributed by atoms with Gasteiger partial charge in [0, 0.05) is 19.1 Å². The number of aliphatic hydroxyl groups is 1. The van der Waals surface area contributed by atoms with Crippen LogP contribution in [-0.2, 0) is 0 Å². The van der Waals surface area contributed by atoms with Crippen LogP contribution in [0.15, 0.2) is 18.2 Å². The van der Waals surface area contributed by atoms with E-state index in [0.29, 0.717) is 6.54 Å². The number of benzene rings is 1. The Morgan fingerprint density at radius 2 is 1.70 bits per heavy atom. The Hall–Kier alpha value is -1.73. The van der Waals surface area contributed by atoms with Gasteiger partial charge in [-0.15, -0.1) is 0 Å². The molecule has 0 aliphatic rings. The summed E-state index contributed by atoms with van der Waals surface area (Å²) < 4.78 is 27.0. The van der Waals surface area contributed by atoms with Gasteiger partial charge < -0.3 is 15.7 Å². The lowest BCUT2D eigenvalue weighted by Gasteiger charge is -2.26. The van der Waals surface area contributed by atoms with E-state index >= 15 is 0 Å². The number of halogens is 2. The first-order valence-electron chi connectivity index (χ1n) is 7.78. The third kappa shape index (κ3) is 5.76. The number of aliphatic hydroxyl groups excluding tert-OH is 1. The van der Waals surface area contributed by atoms with Crippen LogP contribution < -0.4 is 10.6 Å². The van der Waals surface area contributed by atoms with Crippen LogP contribution in [0.1, 0.15) is 32.4 Å². The van der Waals surface area contributed by atoms with E-state index < -0.39 is 29.3 Å². The minimum atomic E-state index is -1.44. The molecule has 2 atom stereocenters. The molecular formula is C16H25F2N3O2. The topological polar surface area (TPSA) is 64.6 Å². The number of carbonyl (C=O) groups is 1. The molecule has 1 rings (SSSR count). The zero-order valence-corrected chi connectivity index (χ0v) is 13.8. The van der Waals surface area contributed by atoms with Crippen molar-refractivity contribution in [2.24, 2.45) is 0 Å². The fraction of sp³-hybridized carbons (Fsp3) is 0.562. The quantitative estimate of drug-likeness (QED) is 0.684. The second kappa shape index (κ2) is 9.42. The van der Waals surface area contributed by atoms with E-state index in [1.165, 1.54) is 6.07 Å². The second-order valence-corrected chi connectivity index (χ2v) is 5.31. The number of rotatable bonds is 8. The van der Waals surface area contributed by atoms with Crippen LogP contribution >= 0.6 is 0 Å². The van der Waals surface area contributed by atoms with Gasteiger partial charge in [-0.25, -0.2) is 13.6 Å². The minimum absolute atomic E-state index is 0.171. The Morgan fingerprint density at radius 3 is 2.22 bits per heavy atom. The normalized spacial score (nSPS) is 13.7. The SMILES string of the molecule is CCN(CC)C(C)CNC(=O)NCC(O)c1c(F)cccc1F. The molecule has 2 amide bonds. The minimum Gasteiger partial charge on any atom is -0.386 e. The van der Waals surface area contributed by atoms with Crippen LogP contribution in [0, 0.1) is 11.6 Å². The van der Waals surface area contributed by atoms with E-state index in [2.05, 4.69) is 15.5 Å². The number of nitrogens with zero attached hydrogens (tertiary/aromatic N) is 1. The summed E-state index contributed by atoms with van der Waals surface area (Å²) in [6.45, 7) is 8.01. The molecule has 0 aromatic heterocycles. The van der Waals surface area contributed by atoms with Crippen molar-refractivity contribution in [3.05, 3.63) is 35.4 Å². The Balaban J connectivity index is 2.44. The van der Waals surface area contributed by atoms with Gasteiger partial charge in [-0.1, -0.05) is 19.9 Å². The summed E-state index contributed by atoms with van der Waals surface area (Å²) in [4.78, 5) is 13.9. The number of urea groups is 1. The van der Waals surface area contributed by atoms with E-state index in [0.717, 1.165) is 25.2 Å². The lowest BCUT2D eigenvalue weighted by molar-refractivity contribution is 0.163. The average Bonchev–Trinajstić information content (AvgIpc) is 2.52. The van der Waals surface area contributed by atoms with E-state index in [-0.39, 0.29) is 12.6 Å². The molecule has 23 heavy (non-hydrogen) atoms. The number of nitrogens with one attached hydrogen (secondary N) is 2. The first-order valence-corrected chi connectivity index (χ1v) is 7.78. The molecule has 0 bridgehead atoms. The number of likely N-dealkylation sites (N-methyl/N-ethyl adjacent to an activating group) is 1. The van der Waals surface area contributed by atoms with Gasteiger partial charge in [0.2, 0.25) is 0 Å². The molecule has 0 radical (unpaired) electrons. The van der Waals surface area contributed by atoms with Crippen molar-refractivity contribution in [1.29, 1.82) is 0 Å². The standard InChI is InChI=1S/C16H25F2N3O2/c1-4-21(5-2)11(3)9-19-16(23)20-10-14(22)15-12(17)7-6-8-13(15)18/h6-8,11,14,22H,4-5,9-10H2,1-3H3,(H2,19,20,23). The molecule has 7 heteroatoms. The molecule has 3 N–H and O–H groups in total. The maximum absolute atomic E-state index is 13.5. The molecule has 0 spiro atoms. The van der Waals surface area contributed by atoms with Crippen molar-refractivity contribution in [1.82, 2.24) is 15.5 Å². The Bertz CT molecular complexity index is 490. The Kier molecular flexibility index (Phi) is 7.91. The van der Waals surface area contributed by atoms with Crippen molar-refractivity contribution in [2.45, 2.75) is 32.9 Å². The van der Waals surface area contributed by atoms with Crippen molar-refractivity contribution in [3.63, 3.8) is 0 Å². The molecule has 0 saturated carbocycles. The molecule has 0 aliphatic heterocycles. The lowest BCUT2D eigenvalue weighted by atomic mass is 10.1. The predicted octanol–water partition coefficient (Wildman–Crippen LogP) is 2.03. The monoisotopic (exact) mass is 329 g/mol. The molecule has 0 heterocycles. The van der Waals surface area contributed by atoms with Crippen molar-refractivity contribution in [2.75, 3.05) is 26.2 Å². The summed E-state index contributed by atoms with van der Waals surface area (Å²) >= 11 is 0. The maximum atomic E-state index is 13.5. The molecule has 1 aromatic carbocycles. The van der Waals surface area contributed by atoms with Crippen LogP contribution in [0.25, 0.3) is 0 Å². The summed E-state index contributed by atoms with van der Waals surface area (Å²) in [6, 6.07) is 3.03. The average molecular weight is 329 g/mol. The summed E-state index contributed by atoms with van der Waals surface area (Å²) in [5.74, 6) is -1.68. The van der Waals surface area contributed by atoms with Gasteiger partial charge in [0.25, 0.3) is 0 Å². The number of hydrogen-bond acceptors (Lipinski definition) is 3. The van der Waals surface area contributed by atoms with Crippen LogP contribution in [-0.4, -0.2) is 48.3 Å². The van der Waals surface area contributed by atoms with Crippen LogP contribution in [0.2, 0.25) is 0 Å². The van der Waals surface area contributed by atoms with Crippen LogP contribution in [0.5, 0.6) is 0 Å². The van der Waals surface area contributed by atoms with Gasteiger partial charge in [-0.05, 0) is 32.1 Å². The molecule has 1 aromatic rings. The zero-order valence-electron chi connectivity index (χ0n) is 13.8. The second-order valence-electron chi connectivity index (χ2n) is 5.31. The van der Waals surface area contributed by atoms with Gasteiger partial charge in [0.15, 0.2) is 0 Å². The number of carbonyl (C=O) groups excluding carboxylic acids is 1. The van der Waals surface area contributed by atoms with Crippen LogP contribution in [0.3, 0.4) is 0 Å². The molecule has 5 nitrogen and oxygen atoms in total. The van der Waals surface area contributed by atoms with Crippen molar-refractivity contribution >= 4 is 6.03 Å². The van der Waals surface area contributed by atoms with E-state index in [4.69, 9.17) is 0 Å². The number of hydrogen-bond donors (Lipinski definition) is 3. The Labute approximate surface area is 135 Å². The number of amides is 2. The lowest BCUT2D eigenvalue weighted by Crippen LogP contribution is -2.45. The van der Waals surface area contributed by atoms with E-state index in [1.54, 1.807) is 0 Å². The van der Waals surface area contributed by atoms with E-state index in [1.807, 2.05) is 20.8 Å². The molecular weight excluding hydrogens is 304 g/mol. The smallest absolute Gasteiger partial charge is 0.314 e. The van der Waals surface area contributed by atoms with Gasteiger partial charge >= 0.3 is 6.03 Å². The molecule has 130 valence electrons. The van der Waals surface area contributed by atoms with Crippen LogP contribution in [0.4, 0.5) is 13.6 Å². The Morgan fingerprint density at radius 1 is 1.17 bits per heavy atom. The summed E-state index contributed by atoms with van der Waals surface area (Å²) in [5, 5.41) is 14.9. The largest absolute Gasteiger partial charge is 0.386 e. The highest BCUT2D eigenvalue weighted by atomic mass is 19.1.